The molecule has 2 aliphatic rings. The van der Waals surface area contributed by atoms with Crippen LogP contribution in [-0.2, 0) is 0 Å². The van der Waals surface area contributed by atoms with Crippen LogP contribution in [0.15, 0.2) is 85.2 Å². The summed E-state index contributed by atoms with van der Waals surface area (Å²) in [6, 6.07) is 25.3. The molecule has 4 heteroatoms. The van der Waals surface area contributed by atoms with Gasteiger partial charge >= 0.3 is 0 Å². The highest BCUT2D eigenvalue weighted by Gasteiger charge is 2.37. The van der Waals surface area contributed by atoms with Crippen molar-refractivity contribution in [1.29, 1.82) is 0 Å². The van der Waals surface area contributed by atoms with Gasteiger partial charge in [-0.25, -0.2) is 0 Å². The second-order valence-corrected chi connectivity index (χ2v) is 9.21. The van der Waals surface area contributed by atoms with Gasteiger partial charge in [-0.05, 0) is 61.0 Å². The molecule has 0 spiro atoms. The number of amides is 1. The van der Waals surface area contributed by atoms with E-state index in [-0.39, 0.29) is 5.91 Å². The summed E-state index contributed by atoms with van der Waals surface area (Å²) in [6.07, 6.45) is 5.83. The van der Waals surface area contributed by atoms with Crippen LogP contribution < -0.4 is 0 Å². The lowest BCUT2D eigenvalue weighted by molar-refractivity contribution is 0.0781. The van der Waals surface area contributed by atoms with Gasteiger partial charge < -0.3 is 9.80 Å². The summed E-state index contributed by atoms with van der Waals surface area (Å²) in [5, 5.41) is 0. The first-order valence-corrected chi connectivity index (χ1v) is 11.8. The monoisotopic (exact) mass is 425 g/mol. The third-order valence-corrected chi connectivity index (χ3v) is 7.23. The lowest BCUT2D eigenvalue weighted by Crippen LogP contribution is -2.38. The molecule has 1 aromatic heterocycles. The zero-order chi connectivity index (χ0) is 21.8. The predicted molar refractivity (Wildman–Crippen MR) is 128 cm³/mol. The fraction of sp³-hybridized carbons (Fsp3) is 0.357. The maximum absolute atomic E-state index is 13.1. The largest absolute Gasteiger partial charge is 0.338 e. The third kappa shape index (κ3) is 4.61. The lowest BCUT2D eigenvalue weighted by atomic mass is 9.86. The first-order valence-electron chi connectivity index (χ1n) is 11.8. The number of hydrogen-bond acceptors (Lipinski definition) is 3. The lowest BCUT2D eigenvalue weighted by Gasteiger charge is -2.34. The van der Waals surface area contributed by atoms with Crippen LogP contribution in [0, 0.1) is 5.92 Å². The number of carbonyl (C=O) groups excluding carboxylic acids is 1. The highest BCUT2D eigenvalue weighted by atomic mass is 16.2. The number of likely N-dealkylation sites (tertiary alicyclic amines) is 2. The highest BCUT2D eigenvalue weighted by molar-refractivity contribution is 5.94. The molecular formula is C28H31N3O. The normalized spacial score (nSPS) is 22.2. The molecule has 0 saturated carbocycles. The van der Waals surface area contributed by atoms with Crippen molar-refractivity contribution < 1.29 is 4.79 Å². The second-order valence-electron chi connectivity index (χ2n) is 9.21. The molecule has 1 amide bonds. The Morgan fingerprint density at radius 1 is 0.812 bits per heavy atom. The number of pyridine rings is 1. The molecule has 164 valence electrons. The molecule has 2 fully saturated rings. The van der Waals surface area contributed by atoms with E-state index in [1.165, 1.54) is 24.0 Å². The third-order valence-electron chi connectivity index (χ3n) is 7.23. The number of aromatic nitrogens is 1. The zero-order valence-electron chi connectivity index (χ0n) is 18.5. The Balaban J connectivity index is 1.27. The summed E-state index contributed by atoms with van der Waals surface area (Å²) in [5.74, 6) is 1.63. The first kappa shape index (κ1) is 20.9. The van der Waals surface area contributed by atoms with Crippen molar-refractivity contribution in [2.75, 3.05) is 32.7 Å². The minimum Gasteiger partial charge on any atom is -0.338 e. The van der Waals surface area contributed by atoms with Gasteiger partial charge in [-0.3, -0.25) is 9.78 Å². The Labute approximate surface area is 190 Å². The van der Waals surface area contributed by atoms with E-state index in [9.17, 15) is 4.79 Å². The molecule has 3 aromatic rings. The first-order chi connectivity index (χ1) is 15.8. The van der Waals surface area contributed by atoms with Gasteiger partial charge in [-0.1, -0.05) is 60.7 Å². The summed E-state index contributed by atoms with van der Waals surface area (Å²) in [7, 11) is 0. The summed E-state index contributed by atoms with van der Waals surface area (Å²) >= 11 is 0. The van der Waals surface area contributed by atoms with Crippen molar-refractivity contribution in [3.05, 3.63) is 102 Å². The van der Waals surface area contributed by atoms with Gasteiger partial charge in [0.15, 0.2) is 0 Å². The Morgan fingerprint density at radius 3 is 2.09 bits per heavy atom. The molecule has 0 bridgehead atoms. The van der Waals surface area contributed by atoms with Crippen LogP contribution >= 0.6 is 0 Å². The average molecular weight is 426 g/mol. The number of hydrogen-bond donors (Lipinski definition) is 0. The Morgan fingerprint density at radius 2 is 1.44 bits per heavy atom. The summed E-state index contributed by atoms with van der Waals surface area (Å²) < 4.78 is 0. The van der Waals surface area contributed by atoms with Crippen molar-refractivity contribution in [1.82, 2.24) is 14.8 Å². The van der Waals surface area contributed by atoms with E-state index in [4.69, 9.17) is 0 Å². The summed E-state index contributed by atoms with van der Waals surface area (Å²) in [6.45, 7) is 4.93. The van der Waals surface area contributed by atoms with Gasteiger partial charge in [0, 0.05) is 43.5 Å². The van der Waals surface area contributed by atoms with Crippen molar-refractivity contribution in [2.24, 2.45) is 5.92 Å². The smallest absolute Gasteiger partial charge is 0.253 e. The fourth-order valence-electron chi connectivity index (χ4n) is 5.48. The van der Waals surface area contributed by atoms with Crippen LogP contribution in [0.5, 0.6) is 0 Å². The molecule has 2 aliphatic heterocycles. The molecule has 5 rings (SSSR count). The van der Waals surface area contributed by atoms with Crippen LogP contribution in [0.25, 0.3) is 0 Å². The maximum Gasteiger partial charge on any atom is 0.253 e. The minimum absolute atomic E-state index is 0.124. The molecule has 2 aromatic carbocycles. The standard InChI is InChI=1S/C28H31N3O/c32-28(25-11-15-29-16-12-25)31-20-26(27(21-31)24-9-5-2-6-10-24)19-30-17-13-23(14-18-30)22-7-3-1-4-8-22/h1-12,15-16,23,26-27H,13-14,17-21H2. The zero-order valence-corrected chi connectivity index (χ0v) is 18.5. The van der Waals surface area contributed by atoms with E-state index in [0.717, 1.165) is 38.3 Å². The van der Waals surface area contributed by atoms with Gasteiger partial charge in [0.1, 0.15) is 0 Å². The number of benzene rings is 2. The maximum atomic E-state index is 13.1. The van der Waals surface area contributed by atoms with Gasteiger partial charge in [-0.15, -0.1) is 0 Å². The number of nitrogens with zero attached hydrogens (tertiary/aromatic N) is 3. The molecule has 32 heavy (non-hydrogen) atoms. The number of piperidine rings is 1. The second kappa shape index (κ2) is 9.66. The molecule has 3 heterocycles. The molecule has 2 unspecified atom stereocenters. The molecule has 2 atom stereocenters. The van der Waals surface area contributed by atoms with E-state index < -0.39 is 0 Å². The quantitative estimate of drug-likeness (QED) is 0.588. The van der Waals surface area contributed by atoms with Crippen LogP contribution in [0.4, 0.5) is 0 Å². The molecular weight excluding hydrogens is 394 g/mol. The van der Waals surface area contributed by atoms with Crippen molar-refractivity contribution >= 4 is 5.91 Å². The summed E-state index contributed by atoms with van der Waals surface area (Å²) in [4.78, 5) is 21.9. The highest BCUT2D eigenvalue weighted by Crippen LogP contribution is 2.35. The van der Waals surface area contributed by atoms with Crippen LogP contribution in [-0.4, -0.2) is 53.4 Å². The molecule has 4 nitrogen and oxygen atoms in total. The van der Waals surface area contributed by atoms with Gasteiger partial charge in [0.05, 0.1) is 0 Å². The van der Waals surface area contributed by atoms with Crippen molar-refractivity contribution in [3.63, 3.8) is 0 Å². The molecule has 0 aliphatic carbocycles. The van der Waals surface area contributed by atoms with E-state index in [2.05, 4.69) is 70.5 Å². The van der Waals surface area contributed by atoms with Crippen molar-refractivity contribution in [2.45, 2.75) is 24.7 Å². The Bertz CT molecular complexity index is 1000. The number of rotatable bonds is 5. The predicted octanol–water partition coefficient (Wildman–Crippen LogP) is 4.82. The van der Waals surface area contributed by atoms with Crippen LogP contribution in [0.3, 0.4) is 0 Å². The van der Waals surface area contributed by atoms with E-state index in [0.29, 0.717) is 17.8 Å². The van der Waals surface area contributed by atoms with E-state index in [1.54, 1.807) is 12.4 Å². The van der Waals surface area contributed by atoms with Crippen LogP contribution in [0.1, 0.15) is 46.2 Å². The molecule has 0 N–H and O–H groups in total. The Kier molecular flexibility index (Phi) is 6.31. The number of carbonyl (C=O) groups is 1. The van der Waals surface area contributed by atoms with E-state index in [1.807, 2.05) is 17.0 Å². The SMILES string of the molecule is O=C(c1ccncc1)N1CC(CN2CCC(c3ccccc3)CC2)C(c2ccccc2)C1. The van der Waals surface area contributed by atoms with Crippen LogP contribution in [0.2, 0.25) is 0 Å². The fourth-order valence-corrected chi connectivity index (χ4v) is 5.48. The van der Waals surface area contributed by atoms with Gasteiger partial charge in [-0.2, -0.15) is 0 Å². The topological polar surface area (TPSA) is 36.4 Å². The molecule has 2 saturated heterocycles. The Hall–Kier alpha value is -2.98. The van der Waals surface area contributed by atoms with Crippen molar-refractivity contribution in [3.8, 4) is 0 Å². The van der Waals surface area contributed by atoms with Gasteiger partial charge in [0.25, 0.3) is 5.91 Å². The van der Waals surface area contributed by atoms with Gasteiger partial charge in [0.2, 0.25) is 0 Å². The molecule has 0 radical (unpaired) electrons. The summed E-state index contributed by atoms with van der Waals surface area (Å²) in [5.41, 5.74) is 3.56. The average Bonchev–Trinajstić information content (AvgIpc) is 3.29. The van der Waals surface area contributed by atoms with E-state index >= 15 is 0 Å². The minimum atomic E-state index is 0.124.